The molecule has 0 aromatic rings. The first-order chi connectivity index (χ1) is 4.50. The lowest BCUT2D eigenvalue weighted by Gasteiger charge is -1.76. The smallest absolute Gasteiger partial charge is 0.0439 e. The molecule has 0 heteroatoms. The van der Waals surface area contributed by atoms with Crippen LogP contribution < -0.4 is 0 Å². The molecule has 0 radical (unpaired) electrons. The van der Waals surface area contributed by atoms with Crippen molar-refractivity contribution in [3.05, 3.63) is 36.5 Å². The van der Waals surface area contributed by atoms with E-state index in [-0.39, 0.29) is 0 Å². The van der Waals surface area contributed by atoms with E-state index in [1.807, 2.05) is 33.8 Å². The fourth-order valence-corrected chi connectivity index (χ4v) is 0.236. The first-order valence-corrected chi connectivity index (χ1v) is 3.38. The molecule has 0 fully saturated rings. The van der Waals surface area contributed by atoms with Crippen molar-refractivity contribution in [2.75, 3.05) is 0 Å². The highest BCUT2D eigenvalue weighted by Gasteiger charge is 1.63. The lowest BCUT2D eigenvalue weighted by molar-refractivity contribution is 1.40. The Morgan fingerprint density at radius 2 is 1.40 bits per heavy atom. The zero-order valence-electron chi connectivity index (χ0n) is 7.57. The zero-order chi connectivity index (χ0) is 8.57. The molecule has 0 bridgehead atoms. The van der Waals surface area contributed by atoms with E-state index in [0.717, 1.165) is 0 Å². The molecule has 0 saturated heterocycles. The van der Waals surface area contributed by atoms with E-state index in [0.29, 0.717) is 0 Å². The van der Waals surface area contributed by atoms with Crippen molar-refractivity contribution in [3.63, 3.8) is 0 Å². The monoisotopic (exact) mass is 138 g/mol. The molecule has 0 aliphatic carbocycles. The summed E-state index contributed by atoms with van der Waals surface area (Å²) in [7, 11) is 0. The van der Waals surface area contributed by atoms with Crippen LogP contribution in [0.3, 0.4) is 0 Å². The van der Waals surface area contributed by atoms with Crippen LogP contribution in [0.1, 0.15) is 27.7 Å². The normalized spacial score (nSPS) is 6.80. The highest BCUT2D eigenvalue weighted by atomic mass is 13.7. The standard InChI is InChI=1S/C6H10.C4H8/c1-4-5-6(2)3;1-4(2)3/h4-5H,1H2,2-3H3;1H2,2-3H3. The molecule has 0 aliphatic rings. The maximum atomic E-state index is 3.56. The summed E-state index contributed by atoms with van der Waals surface area (Å²) in [5.74, 6) is 0. The molecule has 0 aliphatic heterocycles. The molecular formula is C10H18. The van der Waals surface area contributed by atoms with E-state index in [2.05, 4.69) is 13.2 Å². The summed E-state index contributed by atoms with van der Waals surface area (Å²) < 4.78 is 0. The third-order valence-electron chi connectivity index (χ3n) is 0.451. The van der Waals surface area contributed by atoms with Gasteiger partial charge >= 0.3 is 0 Å². The molecule has 0 saturated carbocycles. The van der Waals surface area contributed by atoms with Crippen LogP contribution in [0.15, 0.2) is 36.5 Å². The van der Waals surface area contributed by atoms with Crippen LogP contribution in [-0.4, -0.2) is 0 Å². The lowest BCUT2D eigenvalue weighted by Crippen LogP contribution is -1.54. The second-order valence-electron chi connectivity index (χ2n) is 2.69. The Labute approximate surface area is 65.0 Å². The lowest BCUT2D eigenvalue weighted by atomic mass is 10.3. The summed E-state index contributed by atoms with van der Waals surface area (Å²) in [5, 5.41) is 0. The van der Waals surface area contributed by atoms with Crippen molar-refractivity contribution in [2.45, 2.75) is 27.7 Å². The molecule has 58 valence electrons. The van der Waals surface area contributed by atoms with Gasteiger partial charge in [0.25, 0.3) is 0 Å². The van der Waals surface area contributed by atoms with Gasteiger partial charge in [-0.25, -0.2) is 0 Å². The van der Waals surface area contributed by atoms with Crippen molar-refractivity contribution >= 4 is 0 Å². The minimum atomic E-state index is 1.17. The quantitative estimate of drug-likeness (QED) is 0.382. The second kappa shape index (κ2) is 8.22. The first-order valence-electron chi connectivity index (χ1n) is 3.38. The summed E-state index contributed by atoms with van der Waals surface area (Å²) in [6, 6.07) is 0. The number of hydrogen-bond donors (Lipinski definition) is 0. The van der Waals surface area contributed by atoms with Gasteiger partial charge in [-0.15, -0.1) is 6.58 Å². The van der Waals surface area contributed by atoms with Gasteiger partial charge in [0.05, 0.1) is 0 Å². The van der Waals surface area contributed by atoms with Gasteiger partial charge in [0, 0.05) is 0 Å². The third-order valence-corrected chi connectivity index (χ3v) is 0.451. The number of rotatable bonds is 1. The van der Waals surface area contributed by atoms with E-state index in [1.165, 1.54) is 11.1 Å². The Hall–Kier alpha value is -0.780. The molecule has 0 rings (SSSR count). The van der Waals surface area contributed by atoms with Gasteiger partial charge < -0.3 is 0 Å². The van der Waals surface area contributed by atoms with Crippen LogP contribution in [0.2, 0.25) is 0 Å². The van der Waals surface area contributed by atoms with Gasteiger partial charge in [0.2, 0.25) is 0 Å². The predicted molar refractivity (Wildman–Crippen MR) is 50.1 cm³/mol. The summed E-state index contributed by atoms with van der Waals surface area (Å²) >= 11 is 0. The first kappa shape index (κ1) is 12.0. The predicted octanol–water partition coefficient (Wildman–Crippen LogP) is 3.72. The summed E-state index contributed by atoms with van der Waals surface area (Å²) in [6.45, 7) is 15.1. The van der Waals surface area contributed by atoms with Crippen molar-refractivity contribution in [2.24, 2.45) is 0 Å². The van der Waals surface area contributed by atoms with Gasteiger partial charge in [-0.1, -0.05) is 29.9 Å². The highest BCUT2D eigenvalue weighted by Crippen LogP contribution is 1.85. The Morgan fingerprint density at radius 1 is 1.10 bits per heavy atom. The van der Waals surface area contributed by atoms with Gasteiger partial charge in [-0.05, 0) is 27.7 Å². The fourth-order valence-electron chi connectivity index (χ4n) is 0.236. The minimum Gasteiger partial charge on any atom is -0.100 e. The van der Waals surface area contributed by atoms with Crippen molar-refractivity contribution in [3.8, 4) is 0 Å². The molecule has 0 aromatic carbocycles. The SMILES string of the molecule is C=C(C)C.C=CC=C(C)C. The molecule has 0 spiro atoms. The van der Waals surface area contributed by atoms with Crippen molar-refractivity contribution in [1.29, 1.82) is 0 Å². The van der Waals surface area contributed by atoms with Gasteiger partial charge in [-0.3, -0.25) is 0 Å². The average Bonchev–Trinajstić information content (AvgIpc) is 1.62. The zero-order valence-corrected chi connectivity index (χ0v) is 7.57. The maximum Gasteiger partial charge on any atom is -0.0439 e. The minimum absolute atomic E-state index is 1.17. The molecule has 0 atom stereocenters. The van der Waals surface area contributed by atoms with Crippen LogP contribution in [0.4, 0.5) is 0 Å². The number of allylic oxidation sites excluding steroid dienone is 4. The largest absolute Gasteiger partial charge is 0.100 e. The van der Waals surface area contributed by atoms with E-state index < -0.39 is 0 Å². The van der Waals surface area contributed by atoms with Crippen LogP contribution >= 0.6 is 0 Å². The topological polar surface area (TPSA) is 0 Å². The van der Waals surface area contributed by atoms with Gasteiger partial charge in [-0.2, -0.15) is 0 Å². The van der Waals surface area contributed by atoms with E-state index >= 15 is 0 Å². The van der Waals surface area contributed by atoms with E-state index in [4.69, 9.17) is 0 Å². The van der Waals surface area contributed by atoms with E-state index in [9.17, 15) is 0 Å². The van der Waals surface area contributed by atoms with E-state index in [1.54, 1.807) is 6.08 Å². The number of hydrogen-bond acceptors (Lipinski definition) is 0. The molecule has 10 heavy (non-hydrogen) atoms. The molecule has 0 unspecified atom stereocenters. The van der Waals surface area contributed by atoms with Crippen molar-refractivity contribution < 1.29 is 0 Å². The van der Waals surface area contributed by atoms with Crippen LogP contribution in [-0.2, 0) is 0 Å². The van der Waals surface area contributed by atoms with Gasteiger partial charge in [0.15, 0.2) is 0 Å². The fraction of sp³-hybridized carbons (Fsp3) is 0.400. The molecular weight excluding hydrogens is 120 g/mol. The Kier molecular flexibility index (Phi) is 9.82. The Balaban J connectivity index is 0. The van der Waals surface area contributed by atoms with Crippen LogP contribution in [0.25, 0.3) is 0 Å². The molecule has 0 aromatic heterocycles. The van der Waals surface area contributed by atoms with Gasteiger partial charge in [0.1, 0.15) is 0 Å². The van der Waals surface area contributed by atoms with Crippen molar-refractivity contribution in [1.82, 2.24) is 0 Å². The molecule has 0 nitrogen and oxygen atoms in total. The summed E-state index contributed by atoms with van der Waals surface area (Å²) in [4.78, 5) is 0. The Bertz CT molecular complexity index is 119. The summed E-state index contributed by atoms with van der Waals surface area (Å²) in [5.41, 5.74) is 2.46. The average molecular weight is 138 g/mol. The summed E-state index contributed by atoms with van der Waals surface area (Å²) in [6.07, 6.45) is 3.76. The highest BCUT2D eigenvalue weighted by molar-refractivity contribution is 5.04. The third kappa shape index (κ3) is 56.7. The Morgan fingerprint density at radius 3 is 1.40 bits per heavy atom. The second-order valence-corrected chi connectivity index (χ2v) is 2.69. The molecule has 0 amide bonds. The molecule has 0 N–H and O–H groups in total. The van der Waals surface area contributed by atoms with Crippen LogP contribution in [0, 0.1) is 0 Å². The van der Waals surface area contributed by atoms with Crippen LogP contribution in [0.5, 0.6) is 0 Å². The maximum absolute atomic E-state index is 3.56. The molecule has 0 heterocycles.